The van der Waals surface area contributed by atoms with E-state index in [9.17, 15) is 4.79 Å². The molecule has 0 bridgehead atoms. The molecule has 1 heterocycles. The number of carbonyl (C=O) groups is 1. The summed E-state index contributed by atoms with van der Waals surface area (Å²) in [6.45, 7) is 1.96. The van der Waals surface area contributed by atoms with Crippen molar-refractivity contribution >= 4 is 22.9 Å². The number of thiophene rings is 1. The predicted molar refractivity (Wildman–Crippen MR) is 72.9 cm³/mol. The highest BCUT2D eigenvalue weighted by molar-refractivity contribution is 7.14. The van der Waals surface area contributed by atoms with E-state index in [4.69, 9.17) is 5.26 Å². The fourth-order valence-electron chi connectivity index (χ4n) is 1.68. The highest BCUT2D eigenvalue weighted by Gasteiger charge is 2.17. The minimum absolute atomic E-state index is 0.0872. The highest BCUT2D eigenvalue weighted by atomic mass is 32.1. The first-order valence-electron chi connectivity index (χ1n) is 5.47. The molecule has 0 aliphatic rings. The number of hydrogen-bond donors (Lipinski definition) is 0. The predicted octanol–water partition coefficient (Wildman–Crippen LogP) is 3.20. The first kappa shape index (κ1) is 12.3. The van der Waals surface area contributed by atoms with Gasteiger partial charge in [-0.3, -0.25) is 4.79 Å². The van der Waals surface area contributed by atoms with Gasteiger partial charge in [0.25, 0.3) is 5.91 Å². The molecule has 0 aliphatic heterocycles. The second-order valence-electron chi connectivity index (χ2n) is 3.90. The summed E-state index contributed by atoms with van der Waals surface area (Å²) in [6, 6.07) is 12.9. The van der Waals surface area contributed by atoms with E-state index in [0.29, 0.717) is 16.1 Å². The molecule has 1 aromatic carbocycles. The Hall–Kier alpha value is -2.12. The van der Waals surface area contributed by atoms with Crippen molar-refractivity contribution in [2.75, 3.05) is 11.9 Å². The topological polar surface area (TPSA) is 44.1 Å². The lowest BCUT2D eigenvalue weighted by Gasteiger charge is -2.17. The largest absolute Gasteiger partial charge is 0.309 e. The quantitative estimate of drug-likeness (QED) is 0.828. The molecule has 2 aromatic rings. The number of para-hydroxylation sites is 1. The number of rotatable bonds is 2. The van der Waals surface area contributed by atoms with Crippen molar-refractivity contribution in [1.29, 1.82) is 5.26 Å². The summed E-state index contributed by atoms with van der Waals surface area (Å²) < 4.78 is 0. The summed E-state index contributed by atoms with van der Waals surface area (Å²) in [5.74, 6) is -0.0872. The summed E-state index contributed by atoms with van der Waals surface area (Å²) in [5.41, 5.74) is 1.14. The number of carbonyl (C=O) groups excluding carboxylic acids is 1. The number of anilines is 1. The van der Waals surface area contributed by atoms with Crippen LogP contribution in [0.25, 0.3) is 0 Å². The molecule has 1 aromatic heterocycles. The number of amides is 1. The monoisotopic (exact) mass is 256 g/mol. The zero-order valence-electron chi connectivity index (χ0n) is 10.2. The molecular formula is C14H12N2OS. The van der Waals surface area contributed by atoms with Crippen LogP contribution < -0.4 is 4.90 Å². The van der Waals surface area contributed by atoms with Crippen LogP contribution in [0.15, 0.2) is 36.4 Å². The van der Waals surface area contributed by atoms with E-state index in [2.05, 4.69) is 6.07 Å². The Morgan fingerprint density at radius 1 is 1.28 bits per heavy atom. The lowest BCUT2D eigenvalue weighted by atomic mass is 10.2. The Morgan fingerprint density at radius 3 is 2.61 bits per heavy atom. The van der Waals surface area contributed by atoms with Crippen LogP contribution in [-0.2, 0) is 0 Å². The number of benzene rings is 1. The standard InChI is InChI=1S/C14H12N2OS/c1-10-7-8-13(18-10)14(17)16(2)12-6-4-3-5-11(12)9-15/h3-8H,1-2H3. The minimum atomic E-state index is -0.0872. The smallest absolute Gasteiger partial charge is 0.268 e. The van der Waals surface area contributed by atoms with Gasteiger partial charge in [0.05, 0.1) is 16.1 Å². The van der Waals surface area contributed by atoms with E-state index in [0.717, 1.165) is 4.88 Å². The van der Waals surface area contributed by atoms with Gasteiger partial charge in [-0.15, -0.1) is 11.3 Å². The van der Waals surface area contributed by atoms with Crippen LogP contribution in [0, 0.1) is 18.3 Å². The molecule has 18 heavy (non-hydrogen) atoms. The van der Waals surface area contributed by atoms with E-state index < -0.39 is 0 Å². The van der Waals surface area contributed by atoms with Gasteiger partial charge < -0.3 is 4.90 Å². The van der Waals surface area contributed by atoms with Crippen LogP contribution in [-0.4, -0.2) is 13.0 Å². The van der Waals surface area contributed by atoms with Gasteiger partial charge in [-0.25, -0.2) is 0 Å². The Bertz CT molecular complexity index is 625. The van der Waals surface area contributed by atoms with Crippen molar-refractivity contribution in [1.82, 2.24) is 0 Å². The Balaban J connectivity index is 2.34. The van der Waals surface area contributed by atoms with Crippen LogP contribution in [0.2, 0.25) is 0 Å². The SMILES string of the molecule is Cc1ccc(C(=O)N(C)c2ccccc2C#N)s1. The lowest BCUT2D eigenvalue weighted by molar-refractivity contribution is 0.0997. The minimum Gasteiger partial charge on any atom is -0.309 e. The Labute approximate surface area is 110 Å². The van der Waals surface area contributed by atoms with E-state index in [1.807, 2.05) is 25.1 Å². The highest BCUT2D eigenvalue weighted by Crippen LogP contribution is 2.23. The molecular weight excluding hydrogens is 244 g/mol. The molecule has 0 radical (unpaired) electrons. The van der Waals surface area contributed by atoms with Crippen molar-refractivity contribution in [2.45, 2.75) is 6.92 Å². The number of aryl methyl sites for hydroxylation is 1. The zero-order chi connectivity index (χ0) is 13.1. The normalized spacial score (nSPS) is 9.83. The van der Waals surface area contributed by atoms with Crippen LogP contribution in [0.1, 0.15) is 20.1 Å². The summed E-state index contributed by atoms with van der Waals surface area (Å²) in [4.78, 5) is 15.6. The lowest BCUT2D eigenvalue weighted by Crippen LogP contribution is -2.26. The molecule has 4 heteroatoms. The maximum atomic E-state index is 12.3. The zero-order valence-corrected chi connectivity index (χ0v) is 11.0. The summed E-state index contributed by atoms with van der Waals surface area (Å²) in [5, 5.41) is 9.04. The van der Waals surface area contributed by atoms with Gasteiger partial charge in [0, 0.05) is 11.9 Å². The van der Waals surface area contributed by atoms with Crippen molar-refractivity contribution in [3.63, 3.8) is 0 Å². The van der Waals surface area contributed by atoms with E-state index >= 15 is 0 Å². The molecule has 2 rings (SSSR count). The van der Waals surface area contributed by atoms with Crippen LogP contribution in [0.4, 0.5) is 5.69 Å². The fraction of sp³-hybridized carbons (Fsp3) is 0.143. The average Bonchev–Trinajstić information content (AvgIpc) is 2.83. The molecule has 1 amide bonds. The first-order valence-corrected chi connectivity index (χ1v) is 6.28. The summed E-state index contributed by atoms with van der Waals surface area (Å²) in [6.07, 6.45) is 0. The maximum absolute atomic E-state index is 12.3. The second-order valence-corrected chi connectivity index (χ2v) is 5.19. The van der Waals surface area contributed by atoms with Crippen LogP contribution in [0.5, 0.6) is 0 Å². The van der Waals surface area contributed by atoms with Crippen LogP contribution in [0.3, 0.4) is 0 Å². The van der Waals surface area contributed by atoms with Gasteiger partial charge in [0.1, 0.15) is 6.07 Å². The van der Waals surface area contributed by atoms with Crippen molar-refractivity contribution < 1.29 is 4.79 Å². The van der Waals surface area contributed by atoms with Crippen molar-refractivity contribution in [3.8, 4) is 6.07 Å². The summed E-state index contributed by atoms with van der Waals surface area (Å²) >= 11 is 1.46. The molecule has 90 valence electrons. The molecule has 0 saturated heterocycles. The molecule has 0 N–H and O–H groups in total. The molecule has 0 fully saturated rings. The maximum Gasteiger partial charge on any atom is 0.268 e. The number of nitrogens with zero attached hydrogens (tertiary/aromatic N) is 2. The van der Waals surface area contributed by atoms with E-state index in [1.54, 1.807) is 25.2 Å². The molecule has 0 saturated carbocycles. The molecule has 0 unspecified atom stereocenters. The third-order valence-electron chi connectivity index (χ3n) is 2.64. The van der Waals surface area contributed by atoms with Crippen LogP contribution >= 0.6 is 11.3 Å². The van der Waals surface area contributed by atoms with Crippen molar-refractivity contribution in [3.05, 3.63) is 51.7 Å². The van der Waals surface area contributed by atoms with Gasteiger partial charge in [-0.05, 0) is 31.2 Å². The van der Waals surface area contributed by atoms with Crippen molar-refractivity contribution in [2.24, 2.45) is 0 Å². The third-order valence-corrected chi connectivity index (χ3v) is 3.63. The second kappa shape index (κ2) is 5.03. The van der Waals surface area contributed by atoms with Gasteiger partial charge in [0.15, 0.2) is 0 Å². The van der Waals surface area contributed by atoms with Gasteiger partial charge >= 0.3 is 0 Å². The molecule has 0 atom stereocenters. The number of hydrogen-bond acceptors (Lipinski definition) is 3. The summed E-state index contributed by atoms with van der Waals surface area (Å²) in [7, 11) is 1.69. The Kier molecular flexibility index (Phi) is 3.45. The number of nitriles is 1. The van der Waals surface area contributed by atoms with Gasteiger partial charge in [0.2, 0.25) is 0 Å². The Morgan fingerprint density at radius 2 is 2.00 bits per heavy atom. The van der Waals surface area contributed by atoms with Gasteiger partial charge in [-0.1, -0.05) is 12.1 Å². The molecule has 3 nitrogen and oxygen atoms in total. The average molecular weight is 256 g/mol. The van der Waals surface area contributed by atoms with E-state index in [1.165, 1.54) is 16.2 Å². The fourth-order valence-corrected chi connectivity index (χ4v) is 2.53. The molecule has 0 spiro atoms. The first-order chi connectivity index (χ1) is 8.63. The third kappa shape index (κ3) is 2.27. The van der Waals surface area contributed by atoms with E-state index in [-0.39, 0.29) is 5.91 Å². The van der Waals surface area contributed by atoms with Gasteiger partial charge in [-0.2, -0.15) is 5.26 Å². The molecule has 0 aliphatic carbocycles.